The molecule has 0 saturated heterocycles. The SMILES string of the molecule is COc1ccc(NC(=O)c2c(C)nc3c(Cl)cc(Cl)cn23)cc1Cl. The Bertz CT molecular complexity index is 953. The lowest BCUT2D eigenvalue weighted by molar-refractivity contribution is 0.102. The first-order valence-corrected chi connectivity index (χ1v) is 8.02. The third-order valence-electron chi connectivity index (χ3n) is 3.44. The van der Waals surface area contributed by atoms with Gasteiger partial charge in [0.25, 0.3) is 5.91 Å². The largest absolute Gasteiger partial charge is 0.495 e. The normalized spacial score (nSPS) is 10.9. The maximum atomic E-state index is 12.7. The average Bonchev–Trinajstić information content (AvgIpc) is 2.84. The Morgan fingerprint density at radius 2 is 1.96 bits per heavy atom. The zero-order valence-corrected chi connectivity index (χ0v) is 15.0. The van der Waals surface area contributed by atoms with Gasteiger partial charge in [-0.15, -0.1) is 0 Å². The minimum Gasteiger partial charge on any atom is -0.495 e. The van der Waals surface area contributed by atoms with Crippen LogP contribution in [0.1, 0.15) is 16.2 Å². The second kappa shape index (κ2) is 6.51. The van der Waals surface area contributed by atoms with Gasteiger partial charge in [0.1, 0.15) is 11.4 Å². The molecule has 8 heteroatoms. The number of anilines is 1. The van der Waals surface area contributed by atoms with E-state index in [0.717, 1.165) is 0 Å². The summed E-state index contributed by atoms with van der Waals surface area (Å²) in [6.07, 6.45) is 1.60. The van der Waals surface area contributed by atoms with Gasteiger partial charge in [-0.1, -0.05) is 34.8 Å². The fourth-order valence-electron chi connectivity index (χ4n) is 2.39. The topological polar surface area (TPSA) is 55.6 Å². The third-order valence-corrected chi connectivity index (χ3v) is 4.22. The quantitative estimate of drug-likeness (QED) is 0.701. The Balaban J connectivity index is 2.00. The molecule has 3 aromatic rings. The number of nitrogens with zero attached hydrogens (tertiary/aromatic N) is 2. The highest BCUT2D eigenvalue weighted by molar-refractivity contribution is 6.36. The van der Waals surface area contributed by atoms with E-state index in [9.17, 15) is 4.79 Å². The Morgan fingerprint density at radius 3 is 2.62 bits per heavy atom. The maximum Gasteiger partial charge on any atom is 0.274 e. The van der Waals surface area contributed by atoms with Crippen molar-refractivity contribution in [2.45, 2.75) is 6.92 Å². The number of nitrogens with one attached hydrogen (secondary N) is 1. The number of ether oxygens (including phenoxy) is 1. The predicted octanol–water partition coefficient (Wildman–Crippen LogP) is 4.86. The smallest absolute Gasteiger partial charge is 0.274 e. The number of fused-ring (bicyclic) bond motifs is 1. The van der Waals surface area contributed by atoms with E-state index in [1.165, 1.54) is 7.11 Å². The molecule has 0 unspecified atom stereocenters. The molecule has 24 heavy (non-hydrogen) atoms. The minimum atomic E-state index is -0.348. The Kier molecular flexibility index (Phi) is 4.58. The minimum absolute atomic E-state index is 0.348. The predicted molar refractivity (Wildman–Crippen MR) is 95.9 cm³/mol. The molecule has 0 saturated carbocycles. The van der Waals surface area contributed by atoms with Crippen LogP contribution in [0.2, 0.25) is 15.1 Å². The van der Waals surface area contributed by atoms with Crippen LogP contribution in [0, 0.1) is 6.92 Å². The lowest BCUT2D eigenvalue weighted by Gasteiger charge is -2.09. The van der Waals surface area contributed by atoms with Crippen molar-refractivity contribution < 1.29 is 9.53 Å². The van der Waals surface area contributed by atoms with Gasteiger partial charge < -0.3 is 10.1 Å². The van der Waals surface area contributed by atoms with E-state index in [1.54, 1.807) is 41.8 Å². The number of amides is 1. The molecule has 124 valence electrons. The summed E-state index contributed by atoms with van der Waals surface area (Å²) in [5.41, 5.74) is 1.89. The molecule has 1 aromatic carbocycles. The monoisotopic (exact) mass is 383 g/mol. The van der Waals surface area contributed by atoms with Crippen LogP contribution in [0.4, 0.5) is 5.69 Å². The molecule has 0 spiro atoms. The summed E-state index contributed by atoms with van der Waals surface area (Å²) in [6.45, 7) is 1.73. The molecule has 0 aliphatic heterocycles. The number of imidazole rings is 1. The summed E-state index contributed by atoms with van der Waals surface area (Å²) in [5, 5.41) is 3.96. The van der Waals surface area contributed by atoms with Gasteiger partial charge in [-0.05, 0) is 31.2 Å². The van der Waals surface area contributed by atoms with Gasteiger partial charge in [0.2, 0.25) is 0 Å². The van der Waals surface area contributed by atoms with Gasteiger partial charge >= 0.3 is 0 Å². The summed E-state index contributed by atoms with van der Waals surface area (Å²) in [5.74, 6) is 0.179. The van der Waals surface area contributed by atoms with Crippen LogP contribution in [0.3, 0.4) is 0 Å². The van der Waals surface area contributed by atoms with E-state index in [2.05, 4.69) is 10.3 Å². The number of pyridine rings is 1. The van der Waals surface area contributed by atoms with Gasteiger partial charge in [0, 0.05) is 11.9 Å². The first-order valence-electron chi connectivity index (χ1n) is 6.89. The van der Waals surface area contributed by atoms with Crippen molar-refractivity contribution in [3.05, 3.63) is 56.9 Å². The molecule has 0 bridgehead atoms. The van der Waals surface area contributed by atoms with Crippen molar-refractivity contribution in [2.24, 2.45) is 0 Å². The van der Waals surface area contributed by atoms with E-state index in [4.69, 9.17) is 39.5 Å². The zero-order valence-electron chi connectivity index (χ0n) is 12.7. The zero-order chi connectivity index (χ0) is 17.4. The van der Waals surface area contributed by atoms with Gasteiger partial charge in [0.05, 0.1) is 27.9 Å². The first-order chi connectivity index (χ1) is 11.4. The molecular formula is C16H12Cl3N3O2. The van der Waals surface area contributed by atoms with Crippen LogP contribution in [0.5, 0.6) is 5.75 Å². The lowest BCUT2D eigenvalue weighted by atomic mass is 10.2. The van der Waals surface area contributed by atoms with E-state index >= 15 is 0 Å². The first kappa shape index (κ1) is 16.9. The van der Waals surface area contributed by atoms with Crippen molar-refractivity contribution in [3.63, 3.8) is 0 Å². The van der Waals surface area contributed by atoms with Gasteiger partial charge in [-0.25, -0.2) is 4.98 Å². The van der Waals surface area contributed by atoms with Crippen molar-refractivity contribution in [1.82, 2.24) is 9.38 Å². The van der Waals surface area contributed by atoms with Gasteiger partial charge in [-0.2, -0.15) is 0 Å². The molecule has 0 radical (unpaired) electrons. The molecular weight excluding hydrogens is 373 g/mol. The molecule has 5 nitrogen and oxygen atoms in total. The molecule has 0 aliphatic carbocycles. The van der Waals surface area contributed by atoms with Crippen LogP contribution in [0.25, 0.3) is 5.65 Å². The molecule has 1 N–H and O–H groups in total. The molecule has 1 amide bonds. The van der Waals surface area contributed by atoms with Gasteiger partial charge in [-0.3, -0.25) is 9.20 Å². The number of hydrogen-bond donors (Lipinski definition) is 1. The Labute approximate surface area is 153 Å². The van der Waals surface area contributed by atoms with Crippen LogP contribution >= 0.6 is 34.8 Å². The second-order valence-electron chi connectivity index (χ2n) is 5.05. The highest BCUT2D eigenvalue weighted by Crippen LogP contribution is 2.28. The number of halogens is 3. The Hall–Kier alpha value is -1.95. The number of aryl methyl sites for hydroxylation is 1. The van der Waals surface area contributed by atoms with Crippen LogP contribution in [0.15, 0.2) is 30.5 Å². The van der Waals surface area contributed by atoms with Crippen molar-refractivity contribution >= 4 is 52.0 Å². The summed E-state index contributed by atoms with van der Waals surface area (Å²) in [4.78, 5) is 17.0. The highest BCUT2D eigenvalue weighted by atomic mass is 35.5. The molecule has 0 atom stereocenters. The Morgan fingerprint density at radius 1 is 1.21 bits per heavy atom. The van der Waals surface area contributed by atoms with Crippen molar-refractivity contribution in [2.75, 3.05) is 12.4 Å². The average molecular weight is 385 g/mol. The fourth-order valence-corrected chi connectivity index (χ4v) is 3.17. The number of benzene rings is 1. The molecule has 3 rings (SSSR count). The van der Waals surface area contributed by atoms with E-state index in [0.29, 0.717) is 43.5 Å². The van der Waals surface area contributed by atoms with E-state index in [-0.39, 0.29) is 5.91 Å². The molecule has 2 heterocycles. The van der Waals surface area contributed by atoms with E-state index < -0.39 is 0 Å². The number of rotatable bonds is 3. The van der Waals surface area contributed by atoms with Crippen LogP contribution < -0.4 is 10.1 Å². The summed E-state index contributed by atoms with van der Waals surface area (Å²) >= 11 is 18.2. The molecule has 0 aliphatic rings. The van der Waals surface area contributed by atoms with Crippen molar-refractivity contribution in [1.29, 1.82) is 0 Å². The summed E-state index contributed by atoms with van der Waals surface area (Å²) < 4.78 is 6.66. The standard InChI is InChI=1S/C16H12Cl3N3O2/c1-8-14(22-7-9(17)5-12(19)15(22)20-8)16(23)21-10-3-4-13(24-2)11(18)6-10/h3-7H,1-2H3,(H,21,23). The molecule has 0 fully saturated rings. The number of carbonyl (C=O) groups excluding carboxylic acids is 1. The van der Waals surface area contributed by atoms with Crippen LogP contribution in [-0.2, 0) is 0 Å². The number of hydrogen-bond acceptors (Lipinski definition) is 3. The number of carbonyl (C=O) groups is 1. The second-order valence-corrected chi connectivity index (χ2v) is 6.30. The number of methoxy groups -OCH3 is 1. The van der Waals surface area contributed by atoms with Gasteiger partial charge in [0.15, 0.2) is 5.65 Å². The number of aromatic nitrogens is 2. The summed E-state index contributed by atoms with van der Waals surface area (Å²) in [7, 11) is 1.52. The van der Waals surface area contributed by atoms with Crippen LogP contribution in [-0.4, -0.2) is 22.4 Å². The fraction of sp³-hybridized carbons (Fsp3) is 0.125. The van der Waals surface area contributed by atoms with E-state index in [1.807, 2.05) is 0 Å². The summed E-state index contributed by atoms with van der Waals surface area (Å²) in [6, 6.07) is 6.56. The highest BCUT2D eigenvalue weighted by Gasteiger charge is 2.19. The maximum absolute atomic E-state index is 12.7. The third kappa shape index (κ3) is 3.02. The lowest BCUT2D eigenvalue weighted by Crippen LogP contribution is -2.15. The molecule has 2 aromatic heterocycles. The van der Waals surface area contributed by atoms with Crippen molar-refractivity contribution in [3.8, 4) is 5.75 Å².